The Labute approximate surface area is 119 Å². The lowest BCUT2D eigenvalue weighted by Gasteiger charge is -2.10. The molecule has 0 aliphatic carbocycles. The Hall–Kier alpha value is -1.37. The summed E-state index contributed by atoms with van der Waals surface area (Å²) in [4.78, 5) is 25.6. The summed E-state index contributed by atoms with van der Waals surface area (Å²) in [5.74, 6) is -1.69. The molecule has 0 aliphatic rings. The zero-order valence-corrected chi connectivity index (χ0v) is 11.3. The number of aliphatic carboxylic acids is 1. The molecule has 0 aliphatic heterocycles. The average molecular weight is 307 g/mol. The van der Waals surface area contributed by atoms with Crippen LogP contribution in [0.4, 0.5) is 0 Å². The number of pyridine rings is 1. The van der Waals surface area contributed by atoms with Crippen LogP contribution in [0.1, 0.15) is 18.4 Å². The molecule has 0 amide bonds. The van der Waals surface area contributed by atoms with Crippen LogP contribution in [0.15, 0.2) is 12.1 Å². The number of nitrogens with two attached hydrogens (primary N) is 1. The summed E-state index contributed by atoms with van der Waals surface area (Å²) < 4.78 is 4.93. The van der Waals surface area contributed by atoms with Gasteiger partial charge in [0.2, 0.25) is 0 Å². The molecule has 0 aromatic carbocycles. The van der Waals surface area contributed by atoms with Gasteiger partial charge in [0, 0.05) is 6.42 Å². The van der Waals surface area contributed by atoms with Crippen molar-refractivity contribution in [1.29, 1.82) is 0 Å². The van der Waals surface area contributed by atoms with Crippen LogP contribution in [0.3, 0.4) is 0 Å². The highest BCUT2D eigenvalue weighted by Crippen LogP contribution is 2.15. The number of carbonyl (C=O) groups excluding carboxylic acids is 1. The van der Waals surface area contributed by atoms with Crippen molar-refractivity contribution in [2.45, 2.75) is 25.5 Å². The van der Waals surface area contributed by atoms with Crippen LogP contribution in [0, 0.1) is 0 Å². The number of carbonyl (C=O) groups is 2. The van der Waals surface area contributed by atoms with Gasteiger partial charge >= 0.3 is 11.9 Å². The molecular formula is C11H12Cl2N2O4. The molecule has 0 fully saturated rings. The fourth-order valence-electron chi connectivity index (χ4n) is 1.26. The van der Waals surface area contributed by atoms with E-state index in [9.17, 15) is 9.59 Å². The average Bonchev–Trinajstić information content (AvgIpc) is 2.31. The van der Waals surface area contributed by atoms with Crippen LogP contribution in [0.25, 0.3) is 0 Å². The number of halogens is 2. The molecule has 8 heteroatoms. The maximum absolute atomic E-state index is 11.5. The summed E-state index contributed by atoms with van der Waals surface area (Å²) >= 11 is 11.4. The first-order chi connectivity index (χ1) is 8.88. The normalized spacial score (nSPS) is 11.9. The molecule has 0 saturated carbocycles. The maximum atomic E-state index is 11.5. The third-order valence-corrected chi connectivity index (χ3v) is 2.56. The summed E-state index contributed by atoms with van der Waals surface area (Å²) in [6.45, 7) is -0.0540. The van der Waals surface area contributed by atoms with Crippen LogP contribution in [0.2, 0.25) is 10.3 Å². The van der Waals surface area contributed by atoms with Crippen LogP contribution < -0.4 is 5.73 Å². The third kappa shape index (κ3) is 5.87. The molecule has 0 saturated heterocycles. The quantitative estimate of drug-likeness (QED) is 0.611. The van der Waals surface area contributed by atoms with Gasteiger partial charge in [0.15, 0.2) is 0 Å². The monoisotopic (exact) mass is 306 g/mol. The molecule has 1 heterocycles. The van der Waals surface area contributed by atoms with Crippen molar-refractivity contribution in [3.63, 3.8) is 0 Å². The Balaban J connectivity index is 2.47. The second-order valence-electron chi connectivity index (χ2n) is 3.77. The molecule has 1 atom stereocenters. The van der Waals surface area contributed by atoms with E-state index in [2.05, 4.69) is 4.98 Å². The van der Waals surface area contributed by atoms with Crippen molar-refractivity contribution in [3.05, 3.63) is 28.0 Å². The summed E-state index contributed by atoms with van der Waals surface area (Å²) in [6, 6.07) is 2.04. The van der Waals surface area contributed by atoms with E-state index in [0.29, 0.717) is 5.56 Å². The molecule has 19 heavy (non-hydrogen) atoms. The van der Waals surface area contributed by atoms with Crippen molar-refractivity contribution in [3.8, 4) is 0 Å². The van der Waals surface area contributed by atoms with Gasteiger partial charge in [-0.3, -0.25) is 9.59 Å². The number of carboxylic acid groups (broad SMARTS) is 1. The van der Waals surface area contributed by atoms with Gasteiger partial charge in [-0.1, -0.05) is 23.2 Å². The Bertz CT molecular complexity index is 462. The van der Waals surface area contributed by atoms with Crippen molar-refractivity contribution < 1.29 is 19.4 Å². The lowest BCUT2D eigenvalue weighted by molar-refractivity contribution is -0.147. The van der Waals surface area contributed by atoms with Gasteiger partial charge in [-0.15, -0.1) is 0 Å². The molecule has 1 aromatic rings. The minimum Gasteiger partial charge on any atom is -0.481 e. The predicted octanol–water partition coefficient (Wildman–Crippen LogP) is 1.62. The van der Waals surface area contributed by atoms with Gasteiger partial charge in [-0.05, 0) is 24.1 Å². The van der Waals surface area contributed by atoms with Crippen molar-refractivity contribution >= 4 is 35.1 Å². The summed E-state index contributed by atoms with van der Waals surface area (Å²) in [6.07, 6.45) is -0.171. The Morgan fingerprint density at radius 3 is 2.47 bits per heavy atom. The second-order valence-corrected chi connectivity index (χ2v) is 4.54. The minimum absolute atomic E-state index is 0.0199. The molecular weight excluding hydrogens is 295 g/mol. The fourth-order valence-corrected chi connectivity index (χ4v) is 1.76. The van der Waals surface area contributed by atoms with E-state index < -0.39 is 18.0 Å². The van der Waals surface area contributed by atoms with Crippen molar-refractivity contribution in [2.24, 2.45) is 5.73 Å². The fraction of sp³-hybridized carbons (Fsp3) is 0.364. The van der Waals surface area contributed by atoms with E-state index in [1.165, 1.54) is 12.1 Å². The lowest BCUT2D eigenvalue weighted by Crippen LogP contribution is -2.32. The van der Waals surface area contributed by atoms with Gasteiger partial charge in [0.25, 0.3) is 0 Å². The largest absolute Gasteiger partial charge is 0.481 e. The Kier molecular flexibility index (Phi) is 6.01. The highest BCUT2D eigenvalue weighted by molar-refractivity contribution is 6.32. The van der Waals surface area contributed by atoms with Crippen molar-refractivity contribution in [2.75, 3.05) is 0 Å². The number of hydrogen-bond acceptors (Lipinski definition) is 5. The maximum Gasteiger partial charge on any atom is 0.323 e. The number of esters is 1. The van der Waals surface area contributed by atoms with Crippen LogP contribution in [-0.4, -0.2) is 28.1 Å². The predicted molar refractivity (Wildman–Crippen MR) is 68.9 cm³/mol. The molecule has 0 unspecified atom stereocenters. The highest BCUT2D eigenvalue weighted by Gasteiger charge is 2.16. The summed E-state index contributed by atoms with van der Waals surface area (Å²) in [7, 11) is 0. The number of carboxylic acids is 1. The summed E-state index contributed by atoms with van der Waals surface area (Å²) in [5.41, 5.74) is 6.06. The van der Waals surface area contributed by atoms with Crippen LogP contribution in [0.5, 0.6) is 0 Å². The van der Waals surface area contributed by atoms with Gasteiger partial charge in [0.05, 0.1) is 0 Å². The molecule has 104 valence electrons. The topological polar surface area (TPSA) is 103 Å². The first kappa shape index (κ1) is 15.7. The minimum atomic E-state index is -1.02. The first-order valence-electron chi connectivity index (χ1n) is 5.34. The number of nitrogens with zero attached hydrogens (tertiary/aromatic N) is 1. The SMILES string of the molecule is N[C@@H](CCC(=O)O)C(=O)OCc1cc(Cl)nc(Cl)c1. The van der Waals surface area contributed by atoms with E-state index in [1.807, 2.05) is 0 Å². The molecule has 0 bridgehead atoms. The first-order valence-corrected chi connectivity index (χ1v) is 6.10. The number of rotatable bonds is 6. The zero-order valence-electron chi connectivity index (χ0n) is 9.81. The van der Waals surface area contributed by atoms with E-state index >= 15 is 0 Å². The third-order valence-electron chi connectivity index (χ3n) is 2.18. The lowest BCUT2D eigenvalue weighted by atomic mass is 10.2. The Morgan fingerprint density at radius 2 is 1.95 bits per heavy atom. The zero-order chi connectivity index (χ0) is 14.4. The van der Waals surface area contributed by atoms with Gasteiger partial charge < -0.3 is 15.6 Å². The van der Waals surface area contributed by atoms with E-state index in [4.69, 9.17) is 38.8 Å². The molecule has 0 spiro atoms. The molecule has 0 radical (unpaired) electrons. The van der Waals surface area contributed by atoms with Gasteiger partial charge in [-0.25, -0.2) is 4.98 Å². The molecule has 3 N–H and O–H groups in total. The number of aromatic nitrogens is 1. The molecule has 1 aromatic heterocycles. The smallest absolute Gasteiger partial charge is 0.323 e. The van der Waals surface area contributed by atoms with Gasteiger partial charge in [-0.2, -0.15) is 0 Å². The standard InChI is InChI=1S/C11H12Cl2N2O4/c12-8-3-6(4-9(13)15-8)5-19-11(18)7(14)1-2-10(16)17/h3-4,7H,1-2,5,14H2,(H,16,17)/t7-/m0/s1. The van der Waals surface area contributed by atoms with Crippen LogP contribution in [-0.2, 0) is 20.9 Å². The van der Waals surface area contributed by atoms with E-state index in [1.54, 1.807) is 0 Å². The second kappa shape index (κ2) is 7.28. The highest BCUT2D eigenvalue weighted by atomic mass is 35.5. The van der Waals surface area contributed by atoms with E-state index in [-0.39, 0.29) is 29.8 Å². The van der Waals surface area contributed by atoms with E-state index in [0.717, 1.165) is 0 Å². The summed E-state index contributed by atoms with van der Waals surface area (Å²) in [5, 5.41) is 8.85. The number of hydrogen-bond donors (Lipinski definition) is 2. The molecule has 1 rings (SSSR count). The Morgan fingerprint density at radius 1 is 1.37 bits per heavy atom. The van der Waals surface area contributed by atoms with Crippen molar-refractivity contribution in [1.82, 2.24) is 4.98 Å². The van der Waals surface area contributed by atoms with Crippen LogP contribution >= 0.6 is 23.2 Å². The van der Waals surface area contributed by atoms with Gasteiger partial charge in [0.1, 0.15) is 23.0 Å². The number of ether oxygens (including phenoxy) is 1. The molecule has 6 nitrogen and oxygen atoms in total.